The summed E-state index contributed by atoms with van der Waals surface area (Å²) in [5, 5.41) is 231. The van der Waals surface area contributed by atoms with Crippen LogP contribution < -0.4 is 21.3 Å². The molecule has 24 N–H and O–H groups in total. The lowest BCUT2D eigenvalue weighted by Gasteiger charge is -2.51. The Balaban J connectivity index is 1.06. The predicted molar refractivity (Wildman–Crippen MR) is 308 cm³/mol. The first kappa shape index (κ1) is 81.2. The molecule has 0 aromatic heterocycles. The van der Waals surface area contributed by atoms with Crippen LogP contribution in [0.1, 0.15) is 41.5 Å². The van der Waals surface area contributed by atoms with E-state index in [0.717, 1.165) is 27.7 Å². The van der Waals surface area contributed by atoms with Gasteiger partial charge in [-0.2, -0.15) is 0 Å². The number of aliphatic hydroxyl groups excluding tert-OH is 20. The van der Waals surface area contributed by atoms with E-state index in [1.165, 1.54) is 13.8 Å². The second-order valence-electron chi connectivity index (χ2n) is 25.3. The summed E-state index contributed by atoms with van der Waals surface area (Å²) < 4.78 is 89.3. The average Bonchev–Trinajstić information content (AvgIpc) is 0.770. The van der Waals surface area contributed by atoms with Gasteiger partial charge in [-0.05, 0) is 13.8 Å². The molecule has 1 unspecified atom stereocenters. The van der Waals surface area contributed by atoms with E-state index in [9.17, 15) is 121 Å². The summed E-state index contributed by atoms with van der Waals surface area (Å²) in [5.74, 6) is -3.35. The van der Waals surface area contributed by atoms with Crippen molar-refractivity contribution in [3.05, 3.63) is 0 Å². The summed E-state index contributed by atoms with van der Waals surface area (Å²) in [6, 6.07) is -6.96. The Morgan fingerprint density at radius 2 is 0.596 bits per heavy atom. The second kappa shape index (κ2) is 35.0. The first-order valence-corrected chi connectivity index (χ1v) is 31.8. The third kappa shape index (κ3) is 18.1. The monoisotopic (exact) mass is 1450 g/mol. The molecule has 0 aromatic carbocycles. The number of rotatable bonds is 24. The van der Waals surface area contributed by atoms with E-state index in [2.05, 4.69) is 21.3 Å². The molecule has 0 bridgehead atoms. The van der Waals surface area contributed by atoms with E-state index in [-0.39, 0.29) is 0 Å². The van der Waals surface area contributed by atoms with E-state index in [1.54, 1.807) is 0 Å². The minimum absolute atomic E-state index is 0.783. The summed E-state index contributed by atoms with van der Waals surface area (Å²) in [6.07, 6.45) is -69.2. The molecule has 8 saturated heterocycles. The van der Waals surface area contributed by atoms with Crippen LogP contribution >= 0.6 is 0 Å². The molecule has 0 aromatic rings. The van der Waals surface area contributed by atoms with Crippen molar-refractivity contribution in [2.75, 3.05) is 39.6 Å². The fourth-order valence-corrected chi connectivity index (χ4v) is 12.9. The van der Waals surface area contributed by atoms with Crippen LogP contribution in [0.5, 0.6) is 0 Å². The maximum atomic E-state index is 13.0. The fourth-order valence-electron chi connectivity index (χ4n) is 12.9. The van der Waals surface area contributed by atoms with Gasteiger partial charge >= 0.3 is 0 Å². The van der Waals surface area contributed by atoms with E-state index >= 15 is 0 Å². The summed E-state index contributed by atoms with van der Waals surface area (Å²) >= 11 is 0. The molecule has 43 heteroatoms. The third-order valence-corrected chi connectivity index (χ3v) is 18.2. The van der Waals surface area contributed by atoms with Crippen LogP contribution in [0.15, 0.2) is 0 Å². The second-order valence-corrected chi connectivity index (χ2v) is 25.3. The SMILES string of the molecule is CC(=O)N[C@H]1[C@H](OC[C@H]2OC(O)[C@H](NC(C)=O)[C@@H](O[C@@H]3O[C@H](CO)[C@H](O[C@H]4O[C@H](CO)[C@@H](O)[C@H](O)[C@H]4NC(C)=O)[C@H](O)[C@H]3O[C@@H]3O[C@@H](C)[C@@H](O)[C@@H](O)[C@@H]3O)[C@H]2O)O[C@H](CO)[C@@H](O[C@@H]2O[C@H](CO)[C@H](O[C@H]3O[C@H](CO)[C@@H](O)[C@H](O)[C@H]3NC(C)=O)[C@H](O)[C@H]2O[C@@H]2O[C@@H](C)[C@@H](O)[C@@H](O)[C@@H]2O)[C@@H]1O. The van der Waals surface area contributed by atoms with Crippen molar-refractivity contribution in [3.8, 4) is 0 Å². The number of amides is 4. The molecule has 8 aliphatic heterocycles. The van der Waals surface area contributed by atoms with E-state index < -0.39 is 309 Å². The van der Waals surface area contributed by atoms with Crippen LogP contribution in [0.3, 0.4) is 0 Å². The Labute approximate surface area is 562 Å². The van der Waals surface area contributed by atoms with Crippen LogP contribution in [0.2, 0.25) is 0 Å². The van der Waals surface area contributed by atoms with Gasteiger partial charge in [0.25, 0.3) is 0 Å². The topological polar surface area (TPSA) is 659 Å². The molecular weight excluding hydrogens is 1350 g/mol. The number of ether oxygens (including phenoxy) is 15. The van der Waals surface area contributed by atoms with Crippen LogP contribution in [0.4, 0.5) is 0 Å². The van der Waals surface area contributed by atoms with Crippen molar-refractivity contribution < 1.29 is 192 Å². The van der Waals surface area contributed by atoms with Gasteiger partial charge in [-0.25, -0.2) is 0 Å². The highest BCUT2D eigenvalue weighted by atomic mass is 16.8. The molecule has 8 heterocycles. The number of nitrogens with one attached hydrogen (secondary N) is 4. The summed E-state index contributed by atoms with van der Waals surface area (Å²) in [7, 11) is 0. The standard InChI is InChI=1S/C56H94N4O39/c1-13-29(70)37(78)39(80)53(86-13)98-47-41(82)44(94-51-25(57-15(3)66)34(75)31(72)19(7-61)89-51)22(10-64)92-55(47)96-43-21(9-63)91-50(27(36(43)77)59-17(5)68)85-12-24-33(74)46(28(49(84)88-24)60-18(6)69)97-56-48(99-54-40(81)38(79)30(71)14(2)87-54)42(83)45(23(11-65)93-56)95-52-26(58-16(4)67)35(76)32(73)20(8-62)90-52/h13-14,19-56,61-65,70-84H,7-12H2,1-6H3,(H,57,66)(H,58,67)(H,59,68)(H,60,69)/t13-,14-,19+,20+,21+,22+,23+,24+,25+,26+,27+,28+,29+,30+,31+,32+,33-,34+,35+,36+,37+,38+,39-,40-,41-,42-,43+,44-,45-,46+,47+,48+,49?,50+,51+,52+,53-,54-,55-,56-/m0/s1. The molecular formula is C56H94N4O39. The number of carbonyl (C=O) groups is 4. The Hall–Kier alpha value is -3.52. The highest BCUT2D eigenvalue weighted by molar-refractivity contribution is 5.74. The molecule has 4 amide bonds. The van der Waals surface area contributed by atoms with Gasteiger partial charge in [-0.15, -0.1) is 0 Å². The van der Waals surface area contributed by atoms with Crippen LogP contribution in [0.25, 0.3) is 0 Å². The smallest absolute Gasteiger partial charge is 0.217 e. The van der Waals surface area contributed by atoms with Gasteiger partial charge in [-0.3, -0.25) is 19.2 Å². The minimum Gasteiger partial charge on any atom is -0.394 e. The van der Waals surface area contributed by atoms with Crippen LogP contribution in [0, 0.1) is 0 Å². The highest BCUT2D eigenvalue weighted by Crippen LogP contribution is 2.39. The lowest BCUT2D eigenvalue weighted by Crippen LogP contribution is -2.70. The number of carbonyl (C=O) groups excluding carboxylic acids is 4. The van der Waals surface area contributed by atoms with Crippen molar-refractivity contribution in [1.82, 2.24) is 21.3 Å². The molecule has 0 saturated carbocycles. The maximum absolute atomic E-state index is 13.0. The molecule has 572 valence electrons. The zero-order valence-corrected chi connectivity index (χ0v) is 54.0. The van der Waals surface area contributed by atoms with E-state index in [4.69, 9.17) is 71.1 Å². The maximum Gasteiger partial charge on any atom is 0.217 e. The predicted octanol–water partition coefficient (Wildman–Crippen LogP) is -15.8. The first-order chi connectivity index (χ1) is 46.7. The lowest BCUT2D eigenvalue weighted by atomic mass is 9.94. The highest BCUT2D eigenvalue weighted by Gasteiger charge is 2.60. The molecule has 8 rings (SSSR count). The molecule has 0 aliphatic carbocycles. The Morgan fingerprint density at radius 1 is 0.283 bits per heavy atom. The normalized spacial score (nSPS) is 49.1. The van der Waals surface area contributed by atoms with Gasteiger partial charge in [0.2, 0.25) is 23.6 Å². The molecule has 0 spiro atoms. The fraction of sp³-hybridized carbons (Fsp3) is 0.929. The largest absolute Gasteiger partial charge is 0.394 e. The lowest BCUT2D eigenvalue weighted by molar-refractivity contribution is -0.397. The molecule has 99 heavy (non-hydrogen) atoms. The Bertz CT molecular complexity index is 2600. The zero-order valence-electron chi connectivity index (χ0n) is 54.0. The molecule has 40 atom stereocenters. The summed E-state index contributed by atoms with van der Waals surface area (Å²) in [5.41, 5.74) is 0. The van der Waals surface area contributed by atoms with E-state index in [1.807, 2.05) is 0 Å². The Morgan fingerprint density at radius 3 is 0.970 bits per heavy atom. The van der Waals surface area contributed by atoms with E-state index in [0.29, 0.717) is 0 Å². The van der Waals surface area contributed by atoms with Crippen LogP contribution in [-0.2, 0) is 90.2 Å². The third-order valence-electron chi connectivity index (χ3n) is 18.2. The zero-order chi connectivity index (χ0) is 73.1. The number of hydrogen-bond acceptors (Lipinski definition) is 39. The Kier molecular flexibility index (Phi) is 28.7. The van der Waals surface area contributed by atoms with Gasteiger partial charge in [0, 0.05) is 27.7 Å². The average molecular weight is 1450 g/mol. The summed E-state index contributed by atoms with van der Waals surface area (Å²) in [4.78, 5) is 50.4. The summed E-state index contributed by atoms with van der Waals surface area (Å²) in [6.45, 7) is 0.449. The van der Waals surface area contributed by atoms with Crippen molar-refractivity contribution in [1.29, 1.82) is 0 Å². The van der Waals surface area contributed by atoms with Gasteiger partial charge in [0.15, 0.2) is 50.3 Å². The van der Waals surface area contributed by atoms with Gasteiger partial charge in [0.1, 0.15) is 183 Å². The first-order valence-electron chi connectivity index (χ1n) is 31.8. The van der Waals surface area contributed by atoms with Crippen molar-refractivity contribution in [2.24, 2.45) is 0 Å². The van der Waals surface area contributed by atoms with Crippen LogP contribution in [-0.4, -0.2) is 411 Å². The molecule has 8 aliphatic rings. The van der Waals surface area contributed by atoms with Gasteiger partial charge in [0.05, 0.1) is 51.8 Å². The van der Waals surface area contributed by atoms with Crippen molar-refractivity contribution in [3.63, 3.8) is 0 Å². The van der Waals surface area contributed by atoms with Crippen molar-refractivity contribution in [2.45, 2.75) is 287 Å². The van der Waals surface area contributed by atoms with Crippen molar-refractivity contribution >= 4 is 23.6 Å². The van der Waals surface area contributed by atoms with Gasteiger partial charge in [-0.1, -0.05) is 0 Å². The number of aliphatic hydroxyl groups is 20. The van der Waals surface area contributed by atoms with Gasteiger partial charge < -0.3 is 194 Å². The number of hydrogen-bond donors (Lipinski definition) is 24. The minimum atomic E-state index is -2.25. The molecule has 43 nitrogen and oxygen atoms in total. The quantitative estimate of drug-likeness (QED) is 0.0427. The molecule has 8 fully saturated rings. The molecule has 0 radical (unpaired) electrons.